The highest BCUT2D eigenvalue weighted by Gasteiger charge is 2.31. The first-order chi connectivity index (χ1) is 16.3. The number of aromatic nitrogens is 6. The standard InChI is InChI=1S/C23H24N8OS/c32-21(30-11-9-29(10-12-30)20-14-24-7-8-25-20)15-33-23-28-27-22(31(23)16-5-6-16)18-13-26-19-4-2-1-3-17(18)19/h1-4,7-8,13-14,16,26H,5-6,9-12,15H2. The van der Waals surface area contributed by atoms with E-state index < -0.39 is 0 Å². The van der Waals surface area contributed by atoms with E-state index in [1.54, 1.807) is 18.6 Å². The van der Waals surface area contributed by atoms with Crippen molar-refractivity contribution in [3.63, 3.8) is 0 Å². The number of thioether (sulfide) groups is 1. The molecule has 0 radical (unpaired) electrons. The molecule has 1 aliphatic carbocycles. The summed E-state index contributed by atoms with van der Waals surface area (Å²) in [5, 5.41) is 11.0. The van der Waals surface area contributed by atoms with Gasteiger partial charge in [-0.1, -0.05) is 30.0 Å². The van der Waals surface area contributed by atoms with Gasteiger partial charge in [0.15, 0.2) is 11.0 Å². The lowest BCUT2D eigenvalue weighted by atomic mass is 10.1. The van der Waals surface area contributed by atoms with Crippen molar-refractivity contribution in [3.05, 3.63) is 49.1 Å². The van der Waals surface area contributed by atoms with Gasteiger partial charge in [-0.3, -0.25) is 14.3 Å². The van der Waals surface area contributed by atoms with E-state index in [0.717, 1.165) is 59.2 Å². The van der Waals surface area contributed by atoms with Gasteiger partial charge >= 0.3 is 0 Å². The maximum absolute atomic E-state index is 12.9. The highest BCUT2D eigenvalue weighted by Crippen LogP contribution is 2.42. The van der Waals surface area contributed by atoms with Gasteiger partial charge in [0.25, 0.3) is 0 Å². The van der Waals surface area contributed by atoms with Gasteiger partial charge in [0.1, 0.15) is 5.82 Å². The molecule has 2 aliphatic rings. The second-order valence-electron chi connectivity index (χ2n) is 8.38. The first kappa shape index (κ1) is 20.2. The van der Waals surface area contributed by atoms with E-state index in [9.17, 15) is 4.79 Å². The fraction of sp³-hybridized carbons (Fsp3) is 0.348. The first-order valence-corrected chi connectivity index (χ1v) is 12.2. The topological polar surface area (TPSA) is 95.8 Å². The molecule has 1 aromatic carbocycles. The molecule has 1 amide bonds. The average Bonchev–Trinajstić information content (AvgIpc) is 3.48. The van der Waals surface area contributed by atoms with Crippen LogP contribution in [0.1, 0.15) is 18.9 Å². The summed E-state index contributed by atoms with van der Waals surface area (Å²) in [5.41, 5.74) is 2.14. The number of amides is 1. The maximum atomic E-state index is 12.9. The Kier molecular flexibility index (Phi) is 5.21. The summed E-state index contributed by atoms with van der Waals surface area (Å²) >= 11 is 1.49. The molecule has 10 heteroatoms. The minimum Gasteiger partial charge on any atom is -0.360 e. The molecule has 3 aromatic heterocycles. The van der Waals surface area contributed by atoms with Crippen molar-refractivity contribution in [1.29, 1.82) is 0 Å². The van der Waals surface area contributed by atoms with Gasteiger partial charge in [-0.15, -0.1) is 10.2 Å². The van der Waals surface area contributed by atoms with E-state index in [4.69, 9.17) is 0 Å². The smallest absolute Gasteiger partial charge is 0.233 e. The minimum atomic E-state index is 0.137. The van der Waals surface area contributed by atoms with E-state index in [-0.39, 0.29) is 5.91 Å². The molecule has 4 heterocycles. The molecule has 9 nitrogen and oxygen atoms in total. The Bertz CT molecular complexity index is 1270. The molecule has 4 aromatic rings. The van der Waals surface area contributed by atoms with Gasteiger partial charge in [0, 0.05) is 67.3 Å². The van der Waals surface area contributed by atoms with Gasteiger partial charge in [-0.2, -0.15) is 0 Å². The molecule has 6 rings (SSSR count). The van der Waals surface area contributed by atoms with Crippen LogP contribution in [0.3, 0.4) is 0 Å². The Morgan fingerprint density at radius 2 is 1.94 bits per heavy atom. The fourth-order valence-corrected chi connectivity index (χ4v) is 5.24. The number of nitrogens with one attached hydrogen (secondary N) is 1. The summed E-state index contributed by atoms with van der Waals surface area (Å²) in [6, 6.07) is 8.64. The number of carbonyl (C=O) groups is 1. The van der Waals surface area contributed by atoms with Crippen LogP contribution >= 0.6 is 11.8 Å². The van der Waals surface area contributed by atoms with Crippen molar-refractivity contribution in [2.75, 3.05) is 36.8 Å². The molecule has 0 bridgehead atoms. The van der Waals surface area contributed by atoms with Crippen LogP contribution in [0.2, 0.25) is 0 Å². The number of carbonyl (C=O) groups excluding carboxylic acids is 1. The number of anilines is 1. The van der Waals surface area contributed by atoms with Crippen molar-refractivity contribution in [2.45, 2.75) is 24.0 Å². The number of benzene rings is 1. The summed E-state index contributed by atoms with van der Waals surface area (Å²) in [5.74, 6) is 2.24. The molecular weight excluding hydrogens is 436 g/mol. The second kappa shape index (κ2) is 8.51. The van der Waals surface area contributed by atoms with Crippen molar-refractivity contribution < 1.29 is 4.79 Å². The summed E-state index contributed by atoms with van der Waals surface area (Å²) in [7, 11) is 0. The fourth-order valence-electron chi connectivity index (χ4n) is 4.33. The van der Waals surface area contributed by atoms with E-state index in [2.05, 4.69) is 46.7 Å². The van der Waals surface area contributed by atoms with E-state index in [1.807, 2.05) is 23.2 Å². The third-order valence-corrected chi connectivity index (χ3v) is 7.17. The molecule has 168 valence electrons. The number of piperazine rings is 1. The Morgan fingerprint density at radius 1 is 1.09 bits per heavy atom. The zero-order valence-corrected chi connectivity index (χ0v) is 18.9. The van der Waals surface area contributed by atoms with Gasteiger partial charge in [-0.05, 0) is 18.9 Å². The number of fused-ring (bicyclic) bond motifs is 1. The zero-order chi connectivity index (χ0) is 22.2. The molecule has 1 saturated heterocycles. The van der Waals surface area contributed by atoms with E-state index in [0.29, 0.717) is 24.9 Å². The van der Waals surface area contributed by atoms with Crippen LogP contribution in [-0.4, -0.2) is 72.5 Å². The van der Waals surface area contributed by atoms with Crippen LogP contribution in [0.25, 0.3) is 22.3 Å². The van der Waals surface area contributed by atoms with Crippen LogP contribution in [0, 0.1) is 0 Å². The normalized spacial score (nSPS) is 16.5. The lowest BCUT2D eigenvalue weighted by Crippen LogP contribution is -2.49. The summed E-state index contributed by atoms with van der Waals surface area (Å²) in [4.78, 5) is 28.8. The second-order valence-corrected chi connectivity index (χ2v) is 9.32. The van der Waals surface area contributed by atoms with E-state index in [1.165, 1.54) is 11.8 Å². The lowest BCUT2D eigenvalue weighted by molar-refractivity contribution is -0.128. The van der Waals surface area contributed by atoms with Gasteiger partial charge in [-0.25, -0.2) is 4.98 Å². The van der Waals surface area contributed by atoms with Crippen molar-refractivity contribution in [2.24, 2.45) is 0 Å². The van der Waals surface area contributed by atoms with E-state index >= 15 is 0 Å². The van der Waals surface area contributed by atoms with Crippen molar-refractivity contribution in [3.8, 4) is 11.4 Å². The predicted octanol–water partition coefficient (Wildman–Crippen LogP) is 2.99. The highest BCUT2D eigenvalue weighted by atomic mass is 32.2. The minimum absolute atomic E-state index is 0.137. The number of hydrogen-bond donors (Lipinski definition) is 1. The molecule has 1 saturated carbocycles. The Hall–Kier alpha value is -3.40. The van der Waals surface area contributed by atoms with Crippen molar-refractivity contribution in [1.82, 2.24) is 34.6 Å². The Morgan fingerprint density at radius 3 is 2.73 bits per heavy atom. The maximum Gasteiger partial charge on any atom is 0.233 e. The van der Waals surface area contributed by atoms with Crippen molar-refractivity contribution >= 4 is 34.4 Å². The molecule has 1 aliphatic heterocycles. The molecular formula is C23H24N8OS. The lowest BCUT2D eigenvalue weighted by Gasteiger charge is -2.35. The number of aromatic amines is 1. The molecule has 0 spiro atoms. The molecule has 1 N–H and O–H groups in total. The summed E-state index contributed by atoms with van der Waals surface area (Å²) in [6.07, 6.45) is 9.39. The molecule has 2 fully saturated rings. The number of H-pyrrole nitrogens is 1. The summed E-state index contributed by atoms with van der Waals surface area (Å²) < 4.78 is 2.22. The van der Waals surface area contributed by atoms with Crippen LogP contribution in [0.15, 0.2) is 54.2 Å². The number of nitrogens with zero attached hydrogens (tertiary/aromatic N) is 7. The number of para-hydroxylation sites is 1. The Labute approximate surface area is 195 Å². The van der Waals surface area contributed by atoms with Crippen LogP contribution in [-0.2, 0) is 4.79 Å². The number of rotatable bonds is 6. The van der Waals surface area contributed by atoms with Crippen LogP contribution < -0.4 is 4.90 Å². The zero-order valence-electron chi connectivity index (χ0n) is 18.1. The highest BCUT2D eigenvalue weighted by molar-refractivity contribution is 7.99. The summed E-state index contributed by atoms with van der Waals surface area (Å²) in [6.45, 7) is 2.90. The molecule has 33 heavy (non-hydrogen) atoms. The van der Waals surface area contributed by atoms with Gasteiger partial charge in [0.05, 0.1) is 11.9 Å². The average molecular weight is 461 g/mol. The monoisotopic (exact) mass is 460 g/mol. The van der Waals surface area contributed by atoms with Crippen LogP contribution in [0.5, 0.6) is 0 Å². The van der Waals surface area contributed by atoms with Gasteiger partial charge in [0.2, 0.25) is 5.91 Å². The number of hydrogen-bond acceptors (Lipinski definition) is 7. The van der Waals surface area contributed by atoms with Gasteiger partial charge < -0.3 is 14.8 Å². The third-order valence-electron chi connectivity index (χ3n) is 6.24. The quantitative estimate of drug-likeness (QED) is 0.442. The predicted molar refractivity (Wildman–Crippen MR) is 127 cm³/mol. The van der Waals surface area contributed by atoms with Crippen LogP contribution in [0.4, 0.5) is 5.82 Å². The largest absolute Gasteiger partial charge is 0.360 e. The third kappa shape index (κ3) is 3.95. The SMILES string of the molecule is O=C(CSc1nnc(-c2c[nH]c3ccccc23)n1C1CC1)N1CCN(c2cnccn2)CC1. The first-order valence-electron chi connectivity index (χ1n) is 11.2. The molecule has 0 atom stereocenters. The Balaban J connectivity index is 1.14. The molecule has 0 unspecified atom stereocenters.